The van der Waals surface area contributed by atoms with Crippen LogP contribution in [0.1, 0.15) is 50.7 Å². The molecule has 0 aliphatic rings. The lowest BCUT2D eigenvalue weighted by Crippen LogP contribution is -2.01. The lowest BCUT2D eigenvalue weighted by atomic mass is 9.95. The maximum atomic E-state index is 5.58. The summed E-state index contributed by atoms with van der Waals surface area (Å²) < 4.78 is 0. The Labute approximate surface area is 100 Å². The highest BCUT2D eigenvalue weighted by Gasteiger charge is 2.03. The third-order valence-electron chi connectivity index (χ3n) is 3.14. The van der Waals surface area contributed by atoms with Gasteiger partial charge in [-0.25, -0.2) is 0 Å². The van der Waals surface area contributed by atoms with Crippen LogP contribution in [0.2, 0.25) is 0 Å². The van der Waals surface area contributed by atoms with Crippen molar-refractivity contribution < 1.29 is 0 Å². The van der Waals surface area contributed by atoms with Crippen LogP contribution in [0.4, 0.5) is 0 Å². The van der Waals surface area contributed by atoms with Crippen LogP contribution in [-0.4, -0.2) is 0 Å². The Bertz CT molecular complexity index is 276. The first-order valence-corrected chi connectivity index (χ1v) is 6.54. The minimum Gasteiger partial charge on any atom is -0.326 e. The zero-order valence-electron chi connectivity index (χ0n) is 10.7. The molecule has 0 heterocycles. The van der Waals surface area contributed by atoms with Crippen molar-refractivity contribution >= 4 is 0 Å². The second-order valence-electron chi connectivity index (χ2n) is 4.83. The minimum absolute atomic E-state index is 0.645. The normalized spacial score (nSPS) is 12.7. The number of nitrogens with two attached hydrogens (primary N) is 1. The van der Waals surface area contributed by atoms with Crippen LogP contribution in [0.15, 0.2) is 24.3 Å². The molecule has 0 saturated carbocycles. The van der Waals surface area contributed by atoms with Crippen molar-refractivity contribution in [1.29, 1.82) is 0 Å². The molecule has 0 fully saturated rings. The molecule has 1 aromatic rings. The molecule has 0 aliphatic carbocycles. The smallest absolute Gasteiger partial charge is 0.0178 e. The SMILES string of the molecule is CCCCCC(C)Cc1ccc(CN)cc1. The molecular formula is C15H25N. The predicted octanol–water partition coefficient (Wildman–Crippen LogP) is 3.90. The fourth-order valence-electron chi connectivity index (χ4n) is 2.06. The molecule has 1 atom stereocenters. The third kappa shape index (κ3) is 4.80. The second-order valence-corrected chi connectivity index (χ2v) is 4.83. The van der Waals surface area contributed by atoms with Gasteiger partial charge in [-0.2, -0.15) is 0 Å². The van der Waals surface area contributed by atoms with Gasteiger partial charge in [0.15, 0.2) is 0 Å². The standard InChI is InChI=1S/C15H25N/c1-3-4-5-6-13(2)11-14-7-9-15(12-16)10-8-14/h7-10,13H,3-6,11-12,16H2,1-2H3. The second kappa shape index (κ2) is 7.45. The Balaban J connectivity index is 2.34. The first kappa shape index (κ1) is 13.2. The Kier molecular flexibility index (Phi) is 6.17. The molecule has 0 bridgehead atoms. The molecule has 0 aromatic heterocycles. The molecule has 0 spiro atoms. The average molecular weight is 219 g/mol. The van der Waals surface area contributed by atoms with Crippen LogP contribution < -0.4 is 5.73 Å². The number of rotatable bonds is 7. The Morgan fingerprint density at radius 3 is 2.25 bits per heavy atom. The van der Waals surface area contributed by atoms with Crippen molar-refractivity contribution in [2.75, 3.05) is 0 Å². The Morgan fingerprint density at radius 2 is 1.69 bits per heavy atom. The van der Waals surface area contributed by atoms with E-state index in [1.165, 1.54) is 43.2 Å². The topological polar surface area (TPSA) is 26.0 Å². The predicted molar refractivity (Wildman–Crippen MR) is 71.3 cm³/mol. The van der Waals surface area contributed by atoms with Crippen molar-refractivity contribution in [2.45, 2.75) is 52.5 Å². The van der Waals surface area contributed by atoms with E-state index in [1.807, 2.05) is 0 Å². The van der Waals surface area contributed by atoms with Crippen LogP contribution in [0.25, 0.3) is 0 Å². The van der Waals surface area contributed by atoms with Gasteiger partial charge in [0.1, 0.15) is 0 Å². The number of benzene rings is 1. The highest BCUT2D eigenvalue weighted by molar-refractivity contribution is 5.22. The van der Waals surface area contributed by atoms with E-state index < -0.39 is 0 Å². The maximum absolute atomic E-state index is 5.58. The molecule has 1 aromatic carbocycles. The lowest BCUT2D eigenvalue weighted by molar-refractivity contribution is 0.493. The van der Waals surface area contributed by atoms with Gasteiger partial charge in [0.05, 0.1) is 0 Å². The maximum Gasteiger partial charge on any atom is 0.0178 e. The molecule has 0 amide bonds. The van der Waals surface area contributed by atoms with E-state index in [9.17, 15) is 0 Å². The lowest BCUT2D eigenvalue weighted by Gasteiger charge is -2.11. The van der Waals surface area contributed by atoms with E-state index in [4.69, 9.17) is 5.73 Å². The van der Waals surface area contributed by atoms with Gasteiger partial charge in [0.2, 0.25) is 0 Å². The Morgan fingerprint density at radius 1 is 1.06 bits per heavy atom. The zero-order chi connectivity index (χ0) is 11.8. The van der Waals surface area contributed by atoms with E-state index >= 15 is 0 Å². The zero-order valence-corrected chi connectivity index (χ0v) is 10.7. The van der Waals surface area contributed by atoms with Crippen LogP contribution in [0, 0.1) is 5.92 Å². The summed E-state index contributed by atoms with van der Waals surface area (Å²) in [6, 6.07) is 8.74. The fraction of sp³-hybridized carbons (Fsp3) is 0.600. The van der Waals surface area contributed by atoms with E-state index in [1.54, 1.807) is 0 Å². The molecule has 90 valence electrons. The van der Waals surface area contributed by atoms with Gasteiger partial charge in [-0.05, 0) is 23.5 Å². The van der Waals surface area contributed by atoms with Crippen molar-refractivity contribution in [3.63, 3.8) is 0 Å². The largest absolute Gasteiger partial charge is 0.326 e. The van der Waals surface area contributed by atoms with Gasteiger partial charge in [0.25, 0.3) is 0 Å². The summed E-state index contributed by atoms with van der Waals surface area (Å²) in [5.41, 5.74) is 8.25. The molecule has 0 saturated heterocycles. The summed E-state index contributed by atoms with van der Waals surface area (Å²) in [5, 5.41) is 0. The molecule has 0 aliphatic heterocycles. The van der Waals surface area contributed by atoms with Crippen molar-refractivity contribution in [1.82, 2.24) is 0 Å². The summed E-state index contributed by atoms with van der Waals surface area (Å²) in [4.78, 5) is 0. The first-order valence-electron chi connectivity index (χ1n) is 6.54. The molecule has 2 N–H and O–H groups in total. The summed E-state index contributed by atoms with van der Waals surface area (Å²) in [6.45, 7) is 5.26. The molecule has 1 heteroatoms. The molecule has 1 nitrogen and oxygen atoms in total. The van der Waals surface area contributed by atoms with Gasteiger partial charge in [-0.1, -0.05) is 63.8 Å². The Hall–Kier alpha value is -0.820. The van der Waals surface area contributed by atoms with Crippen LogP contribution in [-0.2, 0) is 13.0 Å². The third-order valence-corrected chi connectivity index (χ3v) is 3.14. The molecule has 0 radical (unpaired) electrons. The highest BCUT2D eigenvalue weighted by Crippen LogP contribution is 2.15. The van der Waals surface area contributed by atoms with Gasteiger partial charge in [-0.15, -0.1) is 0 Å². The van der Waals surface area contributed by atoms with Crippen LogP contribution in [0.5, 0.6) is 0 Å². The quantitative estimate of drug-likeness (QED) is 0.691. The van der Waals surface area contributed by atoms with Gasteiger partial charge >= 0.3 is 0 Å². The molecular weight excluding hydrogens is 194 g/mol. The first-order chi connectivity index (χ1) is 7.76. The van der Waals surface area contributed by atoms with Crippen LogP contribution in [0.3, 0.4) is 0 Å². The highest BCUT2D eigenvalue weighted by atomic mass is 14.5. The van der Waals surface area contributed by atoms with E-state index in [0.29, 0.717) is 6.54 Å². The molecule has 16 heavy (non-hydrogen) atoms. The van der Waals surface area contributed by atoms with Crippen molar-refractivity contribution in [3.8, 4) is 0 Å². The fourth-order valence-corrected chi connectivity index (χ4v) is 2.06. The summed E-state index contributed by atoms with van der Waals surface area (Å²) >= 11 is 0. The average Bonchev–Trinajstić information content (AvgIpc) is 2.30. The van der Waals surface area contributed by atoms with Gasteiger partial charge < -0.3 is 5.73 Å². The van der Waals surface area contributed by atoms with Gasteiger partial charge in [-0.3, -0.25) is 0 Å². The summed E-state index contributed by atoms with van der Waals surface area (Å²) in [5.74, 6) is 0.801. The van der Waals surface area contributed by atoms with Crippen LogP contribution >= 0.6 is 0 Å². The van der Waals surface area contributed by atoms with E-state index in [0.717, 1.165) is 5.92 Å². The summed E-state index contributed by atoms with van der Waals surface area (Å²) in [6.07, 6.45) is 6.62. The van der Waals surface area contributed by atoms with E-state index in [-0.39, 0.29) is 0 Å². The van der Waals surface area contributed by atoms with Crippen molar-refractivity contribution in [3.05, 3.63) is 35.4 Å². The monoisotopic (exact) mass is 219 g/mol. The number of unbranched alkanes of at least 4 members (excludes halogenated alkanes) is 2. The van der Waals surface area contributed by atoms with Gasteiger partial charge in [0, 0.05) is 6.54 Å². The summed E-state index contributed by atoms with van der Waals surface area (Å²) in [7, 11) is 0. The van der Waals surface area contributed by atoms with E-state index in [2.05, 4.69) is 38.1 Å². The number of hydrogen-bond acceptors (Lipinski definition) is 1. The molecule has 1 rings (SSSR count). The number of hydrogen-bond donors (Lipinski definition) is 1. The molecule has 1 unspecified atom stereocenters. The van der Waals surface area contributed by atoms with Crippen molar-refractivity contribution in [2.24, 2.45) is 11.7 Å². The minimum atomic E-state index is 0.645.